The third-order valence-corrected chi connectivity index (χ3v) is 1.42. The highest BCUT2D eigenvalue weighted by Gasteiger charge is 2.66. The number of alkyl halides is 7. The molecule has 2 atom stereocenters. The van der Waals surface area contributed by atoms with E-state index in [1.54, 1.807) is 0 Å². The van der Waals surface area contributed by atoms with E-state index in [0.29, 0.717) is 0 Å². The lowest BCUT2D eigenvalue weighted by atomic mass is 10.3. The Bertz CT molecular complexity index is 269. The van der Waals surface area contributed by atoms with Crippen LogP contribution in [0.25, 0.3) is 0 Å². The fourth-order valence-corrected chi connectivity index (χ4v) is 0.535. The fraction of sp³-hybridized carbons (Fsp3) is 0.833. The van der Waals surface area contributed by atoms with Crippen molar-refractivity contribution in [3.8, 4) is 0 Å². The molecule has 0 spiro atoms. The molecule has 0 radical (unpaired) electrons. The van der Waals surface area contributed by atoms with Crippen molar-refractivity contribution < 1.29 is 44.7 Å². The molecule has 2 nitrogen and oxygen atoms in total. The minimum atomic E-state index is -6.24. The summed E-state index contributed by atoms with van der Waals surface area (Å²) in [6.45, 7) is 0.00299. The zero-order valence-corrected chi connectivity index (χ0v) is 7.42. The van der Waals surface area contributed by atoms with E-state index in [1.807, 2.05) is 0 Å². The van der Waals surface area contributed by atoms with Crippen LogP contribution in [0.4, 0.5) is 35.1 Å². The van der Waals surface area contributed by atoms with Crippen LogP contribution in [0.2, 0.25) is 0 Å². The zero-order chi connectivity index (χ0) is 13.4. The van der Waals surface area contributed by atoms with Gasteiger partial charge in [-0.3, -0.25) is 4.79 Å². The first-order valence-electron chi connectivity index (χ1n) is 3.52. The molecule has 0 saturated heterocycles. The van der Waals surface area contributed by atoms with Gasteiger partial charge in [0.2, 0.25) is 0 Å². The zero-order valence-electron chi connectivity index (χ0n) is 7.42. The number of ether oxygens (including phenoxy) is 1. The standard InChI is InChI=1S/C6H4F8O2/c1-2(5(9,10)11)16-4(8,3(7)15)6(12,13)14/h2H,1H3. The van der Waals surface area contributed by atoms with Crippen molar-refractivity contribution in [2.24, 2.45) is 0 Å². The lowest BCUT2D eigenvalue weighted by Gasteiger charge is -2.27. The smallest absolute Gasteiger partial charge is 0.318 e. The molecule has 0 amide bonds. The molecule has 10 heteroatoms. The van der Waals surface area contributed by atoms with Crippen LogP contribution in [0.3, 0.4) is 0 Å². The maximum atomic E-state index is 12.6. The van der Waals surface area contributed by atoms with Crippen molar-refractivity contribution in [1.82, 2.24) is 0 Å². The molecule has 2 unspecified atom stereocenters. The average Bonchev–Trinajstić information content (AvgIpc) is 1.99. The van der Waals surface area contributed by atoms with Crippen LogP contribution < -0.4 is 0 Å². The first kappa shape index (κ1) is 15.1. The molecule has 0 heterocycles. The Morgan fingerprint density at radius 1 is 1.06 bits per heavy atom. The highest BCUT2D eigenvalue weighted by Crippen LogP contribution is 2.39. The normalized spacial score (nSPS) is 19.1. The van der Waals surface area contributed by atoms with Crippen LogP contribution in [0.5, 0.6) is 0 Å². The van der Waals surface area contributed by atoms with Crippen LogP contribution in [0, 0.1) is 0 Å². The molecule has 16 heavy (non-hydrogen) atoms. The molecule has 0 fully saturated rings. The summed E-state index contributed by atoms with van der Waals surface area (Å²) in [5, 5.41) is 0. The van der Waals surface area contributed by atoms with Crippen molar-refractivity contribution in [3.05, 3.63) is 0 Å². The van der Waals surface area contributed by atoms with Gasteiger partial charge in [0.15, 0.2) is 6.10 Å². The van der Waals surface area contributed by atoms with Gasteiger partial charge in [-0.25, -0.2) is 0 Å². The predicted octanol–water partition coefficient (Wildman–Crippen LogP) is 2.68. The van der Waals surface area contributed by atoms with E-state index in [1.165, 1.54) is 0 Å². The fourth-order valence-electron chi connectivity index (χ4n) is 0.535. The molecular formula is C6H4F8O2. The van der Waals surface area contributed by atoms with Crippen molar-refractivity contribution in [2.45, 2.75) is 31.2 Å². The van der Waals surface area contributed by atoms with Gasteiger partial charge in [-0.05, 0) is 6.92 Å². The summed E-state index contributed by atoms with van der Waals surface area (Å²) in [6, 6.07) is -3.70. The minimum absolute atomic E-state index is 0.00299. The topological polar surface area (TPSA) is 26.3 Å². The number of hydrogen-bond acceptors (Lipinski definition) is 2. The van der Waals surface area contributed by atoms with Gasteiger partial charge in [-0.15, -0.1) is 0 Å². The minimum Gasteiger partial charge on any atom is -0.318 e. The van der Waals surface area contributed by atoms with Crippen molar-refractivity contribution in [1.29, 1.82) is 0 Å². The van der Waals surface area contributed by atoms with E-state index in [9.17, 15) is 39.9 Å². The van der Waals surface area contributed by atoms with E-state index in [2.05, 4.69) is 4.74 Å². The molecule has 0 aromatic carbocycles. The van der Waals surface area contributed by atoms with Gasteiger partial charge in [0.25, 0.3) is 0 Å². The molecule has 0 aliphatic carbocycles. The summed E-state index contributed by atoms with van der Waals surface area (Å²) in [4.78, 5) is 9.72. The van der Waals surface area contributed by atoms with E-state index < -0.39 is 30.3 Å². The van der Waals surface area contributed by atoms with Gasteiger partial charge >= 0.3 is 24.2 Å². The largest absolute Gasteiger partial charge is 0.459 e. The Morgan fingerprint density at radius 2 is 1.44 bits per heavy atom. The Kier molecular flexibility index (Phi) is 3.91. The average molecular weight is 260 g/mol. The molecule has 96 valence electrons. The van der Waals surface area contributed by atoms with E-state index in [4.69, 9.17) is 0 Å². The van der Waals surface area contributed by atoms with Crippen molar-refractivity contribution in [2.75, 3.05) is 0 Å². The highest BCUT2D eigenvalue weighted by atomic mass is 19.4. The summed E-state index contributed by atoms with van der Waals surface area (Å²) in [5.41, 5.74) is 0. The first-order chi connectivity index (χ1) is 6.82. The second-order valence-electron chi connectivity index (χ2n) is 2.67. The van der Waals surface area contributed by atoms with Gasteiger partial charge in [-0.2, -0.15) is 35.1 Å². The third kappa shape index (κ3) is 3.03. The molecule has 0 N–H and O–H groups in total. The number of carbonyl (C=O) groups excluding carboxylic acids is 1. The number of halogens is 8. The molecule has 0 rings (SSSR count). The van der Waals surface area contributed by atoms with Gasteiger partial charge in [0, 0.05) is 0 Å². The van der Waals surface area contributed by atoms with Gasteiger partial charge < -0.3 is 4.74 Å². The molecule has 0 aliphatic heterocycles. The SMILES string of the molecule is CC(OC(F)(C(=O)F)C(F)(F)F)C(F)(F)F. The summed E-state index contributed by atoms with van der Waals surface area (Å²) < 4.78 is 97.7. The summed E-state index contributed by atoms with van der Waals surface area (Å²) in [6.07, 6.45) is -14.9. The Hall–Kier alpha value is -0.930. The molecule has 0 bridgehead atoms. The van der Waals surface area contributed by atoms with Gasteiger partial charge in [0.1, 0.15) is 0 Å². The predicted molar refractivity (Wildman–Crippen MR) is 32.6 cm³/mol. The summed E-state index contributed by atoms with van der Waals surface area (Å²) >= 11 is 0. The second-order valence-corrected chi connectivity index (χ2v) is 2.67. The molecule has 0 aromatic heterocycles. The van der Waals surface area contributed by atoms with Crippen molar-refractivity contribution >= 4 is 6.04 Å². The lowest BCUT2D eigenvalue weighted by molar-refractivity contribution is -0.355. The first-order valence-corrected chi connectivity index (χ1v) is 3.52. The number of hydrogen-bond donors (Lipinski definition) is 0. The molecule has 0 aromatic rings. The third-order valence-electron chi connectivity index (χ3n) is 1.42. The molecular weight excluding hydrogens is 256 g/mol. The second kappa shape index (κ2) is 4.15. The molecule has 0 saturated carbocycles. The van der Waals surface area contributed by atoms with E-state index in [0.717, 1.165) is 0 Å². The van der Waals surface area contributed by atoms with E-state index >= 15 is 0 Å². The molecule has 0 aliphatic rings. The van der Waals surface area contributed by atoms with Crippen LogP contribution in [-0.2, 0) is 9.53 Å². The highest BCUT2D eigenvalue weighted by molar-refractivity contribution is 5.77. The monoisotopic (exact) mass is 260 g/mol. The Labute approximate surface area is 83.2 Å². The van der Waals surface area contributed by atoms with Crippen LogP contribution >= 0.6 is 0 Å². The number of carbonyl (C=O) groups is 1. The van der Waals surface area contributed by atoms with Gasteiger partial charge in [-0.1, -0.05) is 0 Å². The maximum absolute atomic E-state index is 12.6. The lowest BCUT2D eigenvalue weighted by Crippen LogP contribution is -2.52. The summed E-state index contributed by atoms with van der Waals surface area (Å²) in [5.74, 6) is -5.61. The number of rotatable bonds is 3. The van der Waals surface area contributed by atoms with Crippen molar-refractivity contribution in [3.63, 3.8) is 0 Å². The maximum Gasteiger partial charge on any atom is 0.459 e. The Balaban J connectivity index is 5.07. The van der Waals surface area contributed by atoms with Crippen LogP contribution in [0.1, 0.15) is 6.92 Å². The van der Waals surface area contributed by atoms with E-state index in [-0.39, 0.29) is 6.92 Å². The van der Waals surface area contributed by atoms with Gasteiger partial charge in [0.05, 0.1) is 0 Å². The Morgan fingerprint density at radius 3 is 1.62 bits per heavy atom. The quantitative estimate of drug-likeness (QED) is 0.576. The summed E-state index contributed by atoms with van der Waals surface area (Å²) in [7, 11) is 0. The van der Waals surface area contributed by atoms with Crippen LogP contribution in [0.15, 0.2) is 0 Å². The van der Waals surface area contributed by atoms with Crippen LogP contribution in [-0.4, -0.2) is 30.3 Å².